The largest absolute Gasteiger partial charge is 0.413 e. The first kappa shape index (κ1) is 14.7. The molecule has 0 aromatic heterocycles. The number of hydrogen-bond donors (Lipinski definition) is 1. The van der Waals surface area contributed by atoms with Crippen molar-refractivity contribution in [1.29, 1.82) is 0 Å². The summed E-state index contributed by atoms with van der Waals surface area (Å²) >= 11 is 5.58. The van der Waals surface area contributed by atoms with E-state index in [1.807, 2.05) is 5.48 Å². The van der Waals surface area contributed by atoms with Crippen LogP contribution in [0.5, 0.6) is 0 Å². The fourth-order valence-electron chi connectivity index (χ4n) is 1.12. The first-order valence-corrected chi connectivity index (χ1v) is 5.01. The molecule has 0 unspecified atom stereocenters. The number of rotatable bonds is 5. The van der Waals surface area contributed by atoms with Crippen LogP contribution in [0.1, 0.15) is 5.56 Å². The number of nitro groups is 1. The zero-order valence-corrected chi connectivity index (χ0v) is 9.59. The Bertz CT molecular complexity index is 440. The average molecular weight is 285 g/mol. The Morgan fingerprint density at radius 1 is 1.44 bits per heavy atom. The van der Waals surface area contributed by atoms with Gasteiger partial charge in [-0.1, -0.05) is 11.6 Å². The monoisotopic (exact) mass is 284 g/mol. The molecule has 0 aliphatic rings. The maximum atomic E-state index is 11.8. The summed E-state index contributed by atoms with van der Waals surface area (Å²) in [7, 11) is 0. The van der Waals surface area contributed by atoms with Crippen molar-refractivity contribution in [2.45, 2.75) is 12.7 Å². The highest BCUT2D eigenvalue weighted by molar-refractivity contribution is 6.30. The van der Waals surface area contributed by atoms with Gasteiger partial charge < -0.3 is 0 Å². The van der Waals surface area contributed by atoms with Gasteiger partial charge in [-0.2, -0.15) is 18.7 Å². The molecular weight excluding hydrogens is 277 g/mol. The molecule has 18 heavy (non-hydrogen) atoms. The van der Waals surface area contributed by atoms with Crippen LogP contribution in [0.15, 0.2) is 18.2 Å². The second kappa shape index (κ2) is 5.98. The van der Waals surface area contributed by atoms with Crippen molar-refractivity contribution >= 4 is 17.3 Å². The SMILES string of the molecule is O=[N+]([O-])c1cc(Cl)ccc1CNOCC(F)(F)F. The van der Waals surface area contributed by atoms with Crippen LogP contribution >= 0.6 is 11.6 Å². The molecule has 0 atom stereocenters. The van der Waals surface area contributed by atoms with Crippen LogP contribution in [0, 0.1) is 10.1 Å². The van der Waals surface area contributed by atoms with Gasteiger partial charge in [-0.25, -0.2) is 0 Å². The van der Waals surface area contributed by atoms with E-state index in [4.69, 9.17) is 11.6 Å². The normalized spacial score (nSPS) is 11.6. The summed E-state index contributed by atoms with van der Waals surface area (Å²) in [6.07, 6.45) is -4.46. The Kier molecular flexibility index (Phi) is 4.88. The molecule has 0 heterocycles. The predicted octanol–water partition coefficient (Wildman–Crippen LogP) is 2.83. The van der Waals surface area contributed by atoms with Crippen molar-refractivity contribution in [3.05, 3.63) is 38.9 Å². The third kappa shape index (κ3) is 4.86. The minimum atomic E-state index is -4.46. The highest BCUT2D eigenvalue weighted by Gasteiger charge is 2.27. The van der Waals surface area contributed by atoms with Crippen LogP contribution in [0.4, 0.5) is 18.9 Å². The lowest BCUT2D eigenvalue weighted by molar-refractivity contribution is -0.385. The highest BCUT2D eigenvalue weighted by Crippen LogP contribution is 2.23. The van der Waals surface area contributed by atoms with Crippen molar-refractivity contribution in [1.82, 2.24) is 5.48 Å². The Hall–Kier alpha value is -1.38. The molecule has 1 rings (SSSR count). The van der Waals surface area contributed by atoms with Gasteiger partial charge in [0.2, 0.25) is 0 Å². The topological polar surface area (TPSA) is 64.4 Å². The molecule has 9 heteroatoms. The van der Waals surface area contributed by atoms with Crippen LogP contribution in [0.3, 0.4) is 0 Å². The highest BCUT2D eigenvalue weighted by atomic mass is 35.5. The third-order valence-corrected chi connectivity index (χ3v) is 2.08. The number of nitro benzene ring substituents is 1. The molecule has 0 saturated heterocycles. The summed E-state index contributed by atoms with van der Waals surface area (Å²) < 4.78 is 35.3. The minimum Gasteiger partial charge on any atom is -0.292 e. The van der Waals surface area contributed by atoms with Crippen LogP contribution in [0.2, 0.25) is 5.02 Å². The van der Waals surface area contributed by atoms with E-state index < -0.39 is 17.7 Å². The lowest BCUT2D eigenvalue weighted by Crippen LogP contribution is -2.24. The maximum Gasteiger partial charge on any atom is 0.413 e. The van der Waals surface area contributed by atoms with Gasteiger partial charge in [0, 0.05) is 16.7 Å². The number of hydroxylamine groups is 1. The lowest BCUT2D eigenvalue weighted by Gasteiger charge is -2.08. The first-order chi connectivity index (χ1) is 8.29. The molecule has 100 valence electrons. The van der Waals surface area contributed by atoms with E-state index in [9.17, 15) is 23.3 Å². The standard InChI is InChI=1S/C9H8ClF3N2O3/c10-7-2-1-6(8(3-7)15(16)17)4-14-18-5-9(11,12)13/h1-3,14H,4-5H2. The molecule has 0 aliphatic carbocycles. The fraction of sp³-hybridized carbons (Fsp3) is 0.333. The molecule has 0 bridgehead atoms. The lowest BCUT2D eigenvalue weighted by atomic mass is 10.2. The zero-order chi connectivity index (χ0) is 13.8. The van der Waals surface area contributed by atoms with Gasteiger partial charge in [0.15, 0.2) is 6.61 Å². The number of nitrogens with zero attached hydrogens (tertiary/aromatic N) is 1. The quantitative estimate of drug-likeness (QED) is 0.513. The van der Waals surface area contributed by atoms with Gasteiger partial charge >= 0.3 is 6.18 Å². The van der Waals surface area contributed by atoms with Crippen molar-refractivity contribution < 1.29 is 22.9 Å². The molecule has 0 amide bonds. The van der Waals surface area contributed by atoms with Crippen LogP contribution in [0.25, 0.3) is 0 Å². The molecule has 1 aromatic rings. The number of benzene rings is 1. The van der Waals surface area contributed by atoms with Gasteiger partial charge in [0.25, 0.3) is 5.69 Å². The van der Waals surface area contributed by atoms with Gasteiger partial charge in [-0.3, -0.25) is 15.0 Å². The zero-order valence-electron chi connectivity index (χ0n) is 8.83. The Morgan fingerprint density at radius 3 is 2.67 bits per heavy atom. The van der Waals surface area contributed by atoms with E-state index in [1.54, 1.807) is 0 Å². The summed E-state index contributed by atoms with van der Waals surface area (Å²) in [6, 6.07) is 3.85. The van der Waals surface area contributed by atoms with Crippen LogP contribution in [-0.2, 0) is 11.4 Å². The summed E-state index contributed by atoms with van der Waals surface area (Å²) in [6.45, 7) is -1.71. The van der Waals surface area contributed by atoms with E-state index in [-0.39, 0.29) is 22.8 Å². The molecule has 1 aromatic carbocycles. The summed E-state index contributed by atoms with van der Waals surface area (Å²) in [5, 5.41) is 10.8. The Morgan fingerprint density at radius 2 is 2.11 bits per heavy atom. The van der Waals surface area contributed by atoms with Crippen molar-refractivity contribution in [2.24, 2.45) is 0 Å². The molecule has 0 spiro atoms. The maximum absolute atomic E-state index is 11.8. The van der Waals surface area contributed by atoms with E-state index in [2.05, 4.69) is 4.84 Å². The molecule has 5 nitrogen and oxygen atoms in total. The van der Waals surface area contributed by atoms with Crippen molar-refractivity contribution in [3.8, 4) is 0 Å². The number of hydrogen-bond acceptors (Lipinski definition) is 4. The van der Waals surface area contributed by atoms with Gasteiger partial charge in [0.05, 0.1) is 11.5 Å². The Labute approximate surface area is 105 Å². The second-order valence-corrected chi connectivity index (χ2v) is 3.69. The Balaban J connectivity index is 2.59. The second-order valence-electron chi connectivity index (χ2n) is 3.26. The minimum absolute atomic E-state index is 0.168. The molecule has 0 saturated carbocycles. The molecular formula is C9H8ClF3N2O3. The number of alkyl halides is 3. The van der Waals surface area contributed by atoms with Crippen molar-refractivity contribution in [2.75, 3.05) is 6.61 Å². The molecule has 0 radical (unpaired) electrons. The number of halogens is 4. The summed E-state index contributed by atoms with van der Waals surface area (Å²) in [5.41, 5.74) is 1.89. The predicted molar refractivity (Wildman–Crippen MR) is 57.0 cm³/mol. The summed E-state index contributed by atoms with van der Waals surface area (Å²) in [4.78, 5) is 14.1. The molecule has 0 fully saturated rings. The van der Waals surface area contributed by atoms with Gasteiger partial charge in [0.1, 0.15) is 0 Å². The molecule has 0 aliphatic heterocycles. The van der Waals surface area contributed by atoms with E-state index in [1.165, 1.54) is 12.1 Å². The fourth-order valence-corrected chi connectivity index (χ4v) is 1.28. The average Bonchev–Trinajstić information content (AvgIpc) is 2.24. The third-order valence-electron chi connectivity index (χ3n) is 1.84. The van der Waals surface area contributed by atoms with Crippen LogP contribution < -0.4 is 5.48 Å². The van der Waals surface area contributed by atoms with Gasteiger partial charge in [-0.05, 0) is 12.1 Å². The van der Waals surface area contributed by atoms with E-state index in [0.29, 0.717) is 0 Å². The van der Waals surface area contributed by atoms with Crippen molar-refractivity contribution in [3.63, 3.8) is 0 Å². The van der Waals surface area contributed by atoms with E-state index >= 15 is 0 Å². The van der Waals surface area contributed by atoms with Gasteiger partial charge in [-0.15, -0.1) is 0 Å². The summed E-state index contributed by atoms with van der Waals surface area (Å²) in [5.74, 6) is 0. The van der Waals surface area contributed by atoms with E-state index in [0.717, 1.165) is 6.07 Å². The first-order valence-electron chi connectivity index (χ1n) is 4.64. The smallest absolute Gasteiger partial charge is 0.292 e. The van der Waals surface area contributed by atoms with Crippen LogP contribution in [-0.4, -0.2) is 17.7 Å². The number of nitrogens with one attached hydrogen (secondary N) is 1. The molecule has 1 N–H and O–H groups in total.